The highest BCUT2D eigenvalue weighted by Gasteiger charge is 2.32. The second-order valence-corrected chi connectivity index (χ2v) is 5.76. The van der Waals surface area contributed by atoms with E-state index in [-0.39, 0.29) is 11.9 Å². The van der Waals surface area contributed by atoms with Gasteiger partial charge in [0.1, 0.15) is 5.41 Å². The average molecular weight is 250 g/mol. The molecule has 0 fully saturated rings. The van der Waals surface area contributed by atoms with Crippen LogP contribution in [0.4, 0.5) is 0 Å². The summed E-state index contributed by atoms with van der Waals surface area (Å²) in [6, 6.07) is 6.09. The summed E-state index contributed by atoms with van der Waals surface area (Å²) in [5.74, 6) is -0.193. The van der Waals surface area contributed by atoms with E-state index in [0.717, 1.165) is 4.88 Å². The van der Waals surface area contributed by atoms with E-state index < -0.39 is 5.41 Å². The fraction of sp³-hybridized carbons (Fsp3) is 0.538. The smallest absolute Gasteiger partial charge is 0.240 e. The summed E-state index contributed by atoms with van der Waals surface area (Å²) < 4.78 is 0. The van der Waals surface area contributed by atoms with Crippen LogP contribution in [0.25, 0.3) is 0 Å². The van der Waals surface area contributed by atoms with Crippen LogP contribution in [0.2, 0.25) is 0 Å². The maximum absolute atomic E-state index is 12.0. The van der Waals surface area contributed by atoms with Gasteiger partial charge in [0.2, 0.25) is 5.91 Å². The molecule has 0 radical (unpaired) electrons. The first-order valence-corrected chi connectivity index (χ1v) is 6.53. The van der Waals surface area contributed by atoms with Crippen molar-refractivity contribution in [3.63, 3.8) is 0 Å². The van der Waals surface area contributed by atoms with Crippen LogP contribution in [0, 0.1) is 23.7 Å². The maximum atomic E-state index is 12.0. The Balaban J connectivity index is 2.73. The Kier molecular flexibility index (Phi) is 4.30. The van der Waals surface area contributed by atoms with Crippen molar-refractivity contribution in [3.05, 3.63) is 21.9 Å². The molecule has 0 aliphatic heterocycles. The number of aryl methyl sites for hydroxylation is 1. The van der Waals surface area contributed by atoms with Gasteiger partial charge in [-0.1, -0.05) is 6.92 Å². The molecular weight excluding hydrogens is 232 g/mol. The zero-order chi connectivity index (χ0) is 13.1. The molecule has 0 saturated heterocycles. The van der Waals surface area contributed by atoms with E-state index in [1.54, 1.807) is 18.3 Å². The second kappa shape index (κ2) is 5.33. The fourth-order valence-electron chi connectivity index (χ4n) is 1.40. The number of nitrogens with one attached hydrogen (secondary N) is 1. The lowest BCUT2D eigenvalue weighted by Gasteiger charge is -2.21. The monoisotopic (exact) mass is 250 g/mol. The molecule has 1 aromatic rings. The zero-order valence-corrected chi connectivity index (χ0v) is 11.5. The normalized spacial score (nSPS) is 15.7. The molecule has 4 heteroatoms. The average Bonchev–Trinajstić information content (AvgIpc) is 2.74. The van der Waals surface area contributed by atoms with Crippen LogP contribution in [0.1, 0.15) is 43.0 Å². The molecule has 1 aromatic heterocycles. The molecule has 1 rings (SSSR count). The molecule has 0 aliphatic carbocycles. The first-order valence-electron chi connectivity index (χ1n) is 5.71. The third kappa shape index (κ3) is 3.07. The maximum Gasteiger partial charge on any atom is 0.240 e. The first-order chi connectivity index (χ1) is 7.92. The van der Waals surface area contributed by atoms with Gasteiger partial charge in [0.15, 0.2) is 0 Å². The van der Waals surface area contributed by atoms with Gasteiger partial charge in [-0.15, -0.1) is 11.3 Å². The summed E-state index contributed by atoms with van der Waals surface area (Å²) in [5.41, 5.74) is -0.930. The molecule has 3 nitrogen and oxygen atoms in total. The molecule has 0 aromatic carbocycles. The number of hydrogen-bond acceptors (Lipinski definition) is 3. The van der Waals surface area contributed by atoms with Crippen LogP contribution in [0.5, 0.6) is 0 Å². The number of nitriles is 1. The first kappa shape index (κ1) is 13.7. The Labute approximate surface area is 106 Å². The van der Waals surface area contributed by atoms with Crippen molar-refractivity contribution in [2.75, 3.05) is 0 Å². The Morgan fingerprint density at radius 1 is 1.65 bits per heavy atom. The topological polar surface area (TPSA) is 52.9 Å². The molecule has 0 spiro atoms. The lowest BCUT2D eigenvalue weighted by atomic mass is 9.88. The van der Waals surface area contributed by atoms with Crippen LogP contribution >= 0.6 is 11.3 Å². The van der Waals surface area contributed by atoms with Gasteiger partial charge < -0.3 is 5.32 Å². The Morgan fingerprint density at radius 2 is 2.29 bits per heavy atom. The van der Waals surface area contributed by atoms with E-state index in [1.807, 2.05) is 32.9 Å². The lowest BCUT2D eigenvalue weighted by Crippen LogP contribution is -2.38. The number of hydrogen-bond donors (Lipinski definition) is 1. The Morgan fingerprint density at radius 3 is 2.71 bits per heavy atom. The molecule has 17 heavy (non-hydrogen) atoms. The molecule has 92 valence electrons. The van der Waals surface area contributed by atoms with E-state index >= 15 is 0 Å². The van der Waals surface area contributed by atoms with Crippen LogP contribution in [0.15, 0.2) is 12.1 Å². The van der Waals surface area contributed by atoms with E-state index in [2.05, 4.69) is 11.4 Å². The van der Waals surface area contributed by atoms with Crippen LogP contribution < -0.4 is 5.32 Å². The summed E-state index contributed by atoms with van der Waals surface area (Å²) in [6.07, 6.45) is 0.519. The molecule has 0 bridgehead atoms. The molecule has 0 aliphatic rings. The van der Waals surface area contributed by atoms with Crippen molar-refractivity contribution in [2.45, 2.75) is 40.2 Å². The summed E-state index contributed by atoms with van der Waals surface area (Å²) >= 11 is 1.67. The molecule has 1 N–H and O–H groups in total. The molecule has 1 amide bonds. The minimum absolute atomic E-state index is 0.0413. The zero-order valence-electron chi connectivity index (χ0n) is 10.7. The number of carbonyl (C=O) groups excluding carboxylic acids is 1. The number of amides is 1. The lowest BCUT2D eigenvalue weighted by molar-refractivity contribution is -0.128. The van der Waals surface area contributed by atoms with Gasteiger partial charge in [-0.3, -0.25) is 4.79 Å². The quantitative estimate of drug-likeness (QED) is 0.892. The Hall–Kier alpha value is -1.34. The predicted octanol–water partition coefficient (Wildman–Crippen LogP) is 3.17. The number of nitrogens with zero attached hydrogens (tertiary/aromatic N) is 1. The summed E-state index contributed by atoms with van der Waals surface area (Å²) in [7, 11) is 0. The largest absolute Gasteiger partial charge is 0.347 e. The molecular formula is C13H18N2OS. The molecule has 2 atom stereocenters. The van der Waals surface area contributed by atoms with Crippen LogP contribution in [-0.2, 0) is 4.79 Å². The SMILES string of the molecule is CCC(C)(C#N)C(=O)NC(C)c1ccc(C)s1. The number of thiophene rings is 1. The van der Waals surface area contributed by atoms with Crippen molar-refractivity contribution in [3.8, 4) is 6.07 Å². The van der Waals surface area contributed by atoms with Crippen LogP contribution in [-0.4, -0.2) is 5.91 Å². The minimum Gasteiger partial charge on any atom is -0.347 e. The molecule has 0 saturated carbocycles. The predicted molar refractivity (Wildman–Crippen MR) is 69.6 cm³/mol. The molecule has 2 unspecified atom stereocenters. The van der Waals surface area contributed by atoms with Gasteiger partial charge in [0, 0.05) is 9.75 Å². The highest BCUT2D eigenvalue weighted by Crippen LogP contribution is 2.25. The highest BCUT2D eigenvalue weighted by molar-refractivity contribution is 7.12. The van der Waals surface area contributed by atoms with Gasteiger partial charge in [0.25, 0.3) is 0 Å². The van der Waals surface area contributed by atoms with E-state index in [9.17, 15) is 4.79 Å². The molecule has 1 heterocycles. The van der Waals surface area contributed by atoms with Crippen molar-refractivity contribution in [1.29, 1.82) is 5.26 Å². The second-order valence-electron chi connectivity index (χ2n) is 4.44. The van der Waals surface area contributed by atoms with E-state index in [0.29, 0.717) is 6.42 Å². The van der Waals surface area contributed by atoms with Gasteiger partial charge in [-0.25, -0.2) is 0 Å². The summed E-state index contributed by atoms with van der Waals surface area (Å²) in [4.78, 5) is 14.3. The van der Waals surface area contributed by atoms with Gasteiger partial charge in [-0.05, 0) is 39.3 Å². The third-order valence-corrected chi connectivity index (χ3v) is 4.17. The van der Waals surface area contributed by atoms with Crippen molar-refractivity contribution < 1.29 is 4.79 Å². The number of carbonyl (C=O) groups is 1. The van der Waals surface area contributed by atoms with Crippen molar-refractivity contribution in [2.24, 2.45) is 5.41 Å². The third-order valence-electron chi connectivity index (χ3n) is 2.99. The summed E-state index contributed by atoms with van der Waals surface area (Å²) in [5, 5.41) is 11.9. The number of rotatable bonds is 4. The van der Waals surface area contributed by atoms with Gasteiger partial charge in [0.05, 0.1) is 12.1 Å². The van der Waals surface area contributed by atoms with Crippen molar-refractivity contribution >= 4 is 17.2 Å². The van der Waals surface area contributed by atoms with Crippen molar-refractivity contribution in [1.82, 2.24) is 5.32 Å². The van der Waals surface area contributed by atoms with E-state index in [4.69, 9.17) is 5.26 Å². The highest BCUT2D eigenvalue weighted by atomic mass is 32.1. The Bertz CT molecular complexity index is 447. The van der Waals surface area contributed by atoms with Gasteiger partial charge >= 0.3 is 0 Å². The van der Waals surface area contributed by atoms with Gasteiger partial charge in [-0.2, -0.15) is 5.26 Å². The van der Waals surface area contributed by atoms with E-state index in [1.165, 1.54) is 4.88 Å². The fourth-order valence-corrected chi connectivity index (χ4v) is 2.28. The minimum atomic E-state index is -0.930. The standard InChI is InChI=1S/C13H18N2OS/c1-5-13(4,8-14)12(16)15-10(3)11-7-6-9(2)17-11/h6-7,10H,5H2,1-4H3,(H,15,16). The van der Waals surface area contributed by atoms with Crippen LogP contribution in [0.3, 0.4) is 0 Å². The summed E-state index contributed by atoms with van der Waals surface area (Å²) in [6.45, 7) is 7.50.